The van der Waals surface area contributed by atoms with Crippen LogP contribution in [-0.4, -0.2) is 60.4 Å². The van der Waals surface area contributed by atoms with Crippen molar-refractivity contribution in [1.29, 1.82) is 0 Å². The lowest BCUT2D eigenvalue weighted by Crippen LogP contribution is -2.60. The lowest BCUT2D eigenvalue weighted by molar-refractivity contribution is -0.149. The van der Waals surface area contributed by atoms with Gasteiger partial charge in [0.25, 0.3) is 0 Å². The van der Waals surface area contributed by atoms with Gasteiger partial charge < -0.3 is 9.47 Å². The van der Waals surface area contributed by atoms with Gasteiger partial charge in [0.1, 0.15) is 11.6 Å². The van der Waals surface area contributed by atoms with Crippen LogP contribution >= 0.6 is 0 Å². The fourth-order valence-electron chi connectivity index (χ4n) is 1.68. The number of nitrogens with zero attached hydrogens (tertiary/aromatic N) is 2. The second kappa shape index (κ2) is 5.53. The zero-order chi connectivity index (χ0) is 13.9. The summed E-state index contributed by atoms with van der Waals surface area (Å²) in [6.45, 7) is 6.40. The Balaban J connectivity index is 2.77. The van der Waals surface area contributed by atoms with Gasteiger partial charge in [0.2, 0.25) is 0 Å². The van der Waals surface area contributed by atoms with E-state index in [1.165, 1.54) is 17.0 Å². The first kappa shape index (κ1) is 14.7. The van der Waals surface area contributed by atoms with Crippen molar-refractivity contribution in [2.24, 2.45) is 5.84 Å². The van der Waals surface area contributed by atoms with E-state index in [2.05, 4.69) is 4.74 Å². The smallest absolute Gasteiger partial charge is 0.411 e. The summed E-state index contributed by atoms with van der Waals surface area (Å²) < 4.78 is 9.94. The topological polar surface area (TPSA) is 85.1 Å². The fraction of sp³-hybridized carbons (Fsp3) is 0.818. The first-order chi connectivity index (χ1) is 8.24. The largest absolute Gasteiger partial charge is 0.467 e. The van der Waals surface area contributed by atoms with Gasteiger partial charge in [0.05, 0.1) is 7.11 Å². The van der Waals surface area contributed by atoms with Crippen LogP contribution in [0.1, 0.15) is 20.8 Å². The van der Waals surface area contributed by atoms with Gasteiger partial charge >= 0.3 is 12.1 Å². The van der Waals surface area contributed by atoms with Crippen LogP contribution in [0.5, 0.6) is 0 Å². The van der Waals surface area contributed by atoms with E-state index in [1.54, 1.807) is 20.8 Å². The Morgan fingerprint density at radius 1 is 1.28 bits per heavy atom. The minimum absolute atomic E-state index is 0.242. The van der Waals surface area contributed by atoms with Gasteiger partial charge in [-0.05, 0) is 20.8 Å². The summed E-state index contributed by atoms with van der Waals surface area (Å²) in [5.41, 5.74) is -0.600. The SMILES string of the molecule is COC(=O)[C@H]1CN(N)CCN1C(=O)OC(C)(C)C. The summed E-state index contributed by atoms with van der Waals surface area (Å²) in [6, 6.07) is -0.719. The van der Waals surface area contributed by atoms with Crippen molar-refractivity contribution in [3.05, 3.63) is 0 Å². The van der Waals surface area contributed by atoms with Crippen LogP contribution in [0.4, 0.5) is 4.79 Å². The van der Waals surface area contributed by atoms with E-state index in [1.807, 2.05) is 0 Å². The van der Waals surface area contributed by atoms with Crippen LogP contribution in [0.2, 0.25) is 0 Å². The third-order valence-electron chi connectivity index (χ3n) is 2.51. The summed E-state index contributed by atoms with van der Waals surface area (Å²) in [6.07, 6.45) is -0.522. The monoisotopic (exact) mass is 259 g/mol. The maximum atomic E-state index is 12.0. The second-order valence-electron chi connectivity index (χ2n) is 5.21. The van der Waals surface area contributed by atoms with Crippen LogP contribution < -0.4 is 5.84 Å². The van der Waals surface area contributed by atoms with E-state index in [9.17, 15) is 9.59 Å². The van der Waals surface area contributed by atoms with Gasteiger partial charge in [-0.15, -0.1) is 0 Å². The van der Waals surface area contributed by atoms with Crippen molar-refractivity contribution in [1.82, 2.24) is 9.91 Å². The van der Waals surface area contributed by atoms with Crippen LogP contribution in [-0.2, 0) is 14.3 Å². The minimum Gasteiger partial charge on any atom is -0.467 e. The van der Waals surface area contributed by atoms with Gasteiger partial charge in [-0.2, -0.15) is 0 Å². The fourth-order valence-corrected chi connectivity index (χ4v) is 1.68. The number of hydrogen-bond acceptors (Lipinski definition) is 6. The van der Waals surface area contributed by atoms with Crippen molar-refractivity contribution in [2.45, 2.75) is 32.4 Å². The predicted molar refractivity (Wildman–Crippen MR) is 64.5 cm³/mol. The number of rotatable bonds is 1. The number of hydrazine groups is 1. The molecular weight excluding hydrogens is 238 g/mol. The maximum Gasteiger partial charge on any atom is 0.411 e. The number of amides is 1. The number of methoxy groups -OCH3 is 1. The van der Waals surface area contributed by atoms with E-state index in [0.717, 1.165) is 0 Å². The normalized spacial score (nSPS) is 21.6. The van der Waals surface area contributed by atoms with Crippen molar-refractivity contribution in [3.8, 4) is 0 Å². The standard InChI is InChI=1S/C11H21N3O4/c1-11(2,3)18-10(16)14-6-5-13(12)7-8(14)9(15)17-4/h8H,5-7,12H2,1-4H3/t8-/m1/s1. The third-order valence-corrected chi connectivity index (χ3v) is 2.51. The summed E-state index contributed by atoms with van der Waals surface area (Å²) in [4.78, 5) is 25.0. The molecule has 2 N–H and O–H groups in total. The molecule has 104 valence electrons. The molecule has 0 unspecified atom stereocenters. The summed E-state index contributed by atoms with van der Waals surface area (Å²) in [5.74, 6) is 5.16. The Hall–Kier alpha value is -1.34. The molecule has 7 heteroatoms. The van der Waals surface area contributed by atoms with Crippen LogP contribution in [0, 0.1) is 0 Å². The zero-order valence-electron chi connectivity index (χ0n) is 11.3. The highest BCUT2D eigenvalue weighted by Crippen LogP contribution is 2.15. The van der Waals surface area contributed by atoms with Crippen molar-refractivity contribution in [3.63, 3.8) is 0 Å². The van der Waals surface area contributed by atoms with E-state index in [0.29, 0.717) is 13.1 Å². The highest BCUT2D eigenvalue weighted by molar-refractivity contribution is 5.82. The Morgan fingerprint density at radius 3 is 2.39 bits per heavy atom. The molecule has 0 aliphatic carbocycles. The zero-order valence-corrected chi connectivity index (χ0v) is 11.3. The molecule has 1 rings (SSSR count). The molecule has 1 amide bonds. The number of piperazine rings is 1. The molecule has 0 aromatic rings. The van der Waals surface area contributed by atoms with Crippen molar-refractivity contribution >= 4 is 12.1 Å². The molecule has 0 spiro atoms. The third kappa shape index (κ3) is 3.85. The highest BCUT2D eigenvalue weighted by atomic mass is 16.6. The number of esters is 1. The molecule has 0 radical (unpaired) electrons. The number of carbonyl (C=O) groups is 2. The van der Waals surface area contributed by atoms with Crippen LogP contribution in [0.3, 0.4) is 0 Å². The predicted octanol–water partition coefficient (Wildman–Crippen LogP) is -0.0456. The molecule has 1 aliphatic rings. The minimum atomic E-state index is -0.719. The molecule has 0 aromatic heterocycles. The lowest BCUT2D eigenvalue weighted by Gasteiger charge is -2.38. The Bertz CT molecular complexity index is 327. The van der Waals surface area contributed by atoms with Crippen LogP contribution in [0.25, 0.3) is 0 Å². The molecule has 1 atom stereocenters. The molecule has 18 heavy (non-hydrogen) atoms. The van der Waals surface area contributed by atoms with Gasteiger partial charge in [-0.3, -0.25) is 10.7 Å². The molecule has 1 heterocycles. The molecule has 0 saturated carbocycles. The Labute approximate surface area is 107 Å². The number of nitrogens with two attached hydrogens (primary N) is 1. The molecule has 0 aromatic carbocycles. The first-order valence-electron chi connectivity index (χ1n) is 5.81. The number of hydrogen-bond donors (Lipinski definition) is 1. The summed E-state index contributed by atoms with van der Waals surface area (Å²) in [5, 5.41) is 1.49. The Morgan fingerprint density at radius 2 is 1.89 bits per heavy atom. The summed E-state index contributed by atoms with van der Waals surface area (Å²) >= 11 is 0. The molecule has 1 saturated heterocycles. The molecule has 0 bridgehead atoms. The first-order valence-corrected chi connectivity index (χ1v) is 5.81. The quantitative estimate of drug-likeness (QED) is 0.525. The average Bonchev–Trinajstić information content (AvgIpc) is 2.25. The maximum absolute atomic E-state index is 12.0. The highest BCUT2D eigenvalue weighted by Gasteiger charge is 2.37. The van der Waals surface area contributed by atoms with E-state index >= 15 is 0 Å². The second-order valence-corrected chi connectivity index (χ2v) is 5.21. The number of ether oxygens (including phenoxy) is 2. The van der Waals surface area contributed by atoms with E-state index < -0.39 is 23.7 Å². The van der Waals surface area contributed by atoms with E-state index in [4.69, 9.17) is 10.6 Å². The van der Waals surface area contributed by atoms with Crippen molar-refractivity contribution in [2.75, 3.05) is 26.7 Å². The molecule has 7 nitrogen and oxygen atoms in total. The summed E-state index contributed by atoms with van der Waals surface area (Å²) in [7, 11) is 1.28. The Kier molecular flexibility index (Phi) is 4.53. The lowest BCUT2D eigenvalue weighted by atomic mass is 10.2. The molecule has 1 fully saturated rings. The van der Waals surface area contributed by atoms with Gasteiger partial charge in [-0.1, -0.05) is 0 Å². The van der Waals surface area contributed by atoms with Crippen molar-refractivity contribution < 1.29 is 19.1 Å². The van der Waals surface area contributed by atoms with E-state index in [-0.39, 0.29) is 6.54 Å². The van der Waals surface area contributed by atoms with Gasteiger partial charge in [0.15, 0.2) is 0 Å². The van der Waals surface area contributed by atoms with Gasteiger partial charge in [-0.25, -0.2) is 14.6 Å². The number of carbonyl (C=O) groups excluding carboxylic acids is 2. The van der Waals surface area contributed by atoms with Crippen LogP contribution in [0.15, 0.2) is 0 Å². The molecular formula is C11H21N3O4. The van der Waals surface area contributed by atoms with Gasteiger partial charge in [0, 0.05) is 19.6 Å². The molecule has 1 aliphatic heterocycles. The average molecular weight is 259 g/mol.